The van der Waals surface area contributed by atoms with Gasteiger partial charge < -0.3 is 9.84 Å². The SMILES string of the molecule is CCOP(=S)(c1ccccc1)C(NSCNC(=O)ON=C(C)SC)c1ccccc1. The number of nitrogens with one attached hydrogen (secondary N) is 2. The molecule has 2 N–H and O–H groups in total. The fourth-order valence-electron chi connectivity index (χ4n) is 2.49. The molecule has 2 atom stereocenters. The van der Waals surface area contributed by atoms with Crippen LogP contribution in [0.15, 0.2) is 65.8 Å². The van der Waals surface area contributed by atoms with Gasteiger partial charge in [0.15, 0.2) is 0 Å². The van der Waals surface area contributed by atoms with E-state index in [-0.39, 0.29) is 11.7 Å². The van der Waals surface area contributed by atoms with E-state index in [9.17, 15) is 4.79 Å². The average molecular weight is 484 g/mol. The van der Waals surface area contributed by atoms with E-state index in [1.165, 1.54) is 23.7 Å². The monoisotopic (exact) mass is 483 g/mol. The Morgan fingerprint density at radius 3 is 2.40 bits per heavy atom. The molecule has 10 heteroatoms. The van der Waals surface area contributed by atoms with Crippen LogP contribution in [0.2, 0.25) is 0 Å². The van der Waals surface area contributed by atoms with Crippen molar-refractivity contribution >= 4 is 58.2 Å². The molecule has 0 bridgehead atoms. The van der Waals surface area contributed by atoms with E-state index in [1.54, 1.807) is 6.92 Å². The summed E-state index contributed by atoms with van der Waals surface area (Å²) >= 11 is 8.88. The molecule has 0 spiro atoms. The van der Waals surface area contributed by atoms with E-state index in [0.29, 0.717) is 11.7 Å². The highest BCUT2D eigenvalue weighted by molar-refractivity contribution is 8.16. The Balaban J connectivity index is 2.13. The van der Waals surface area contributed by atoms with Crippen LogP contribution in [0.1, 0.15) is 25.2 Å². The lowest BCUT2D eigenvalue weighted by Crippen LogP contribution is -2.27. The Kier molecular flexibility index (Phi) is 10.9. The van der Waals surface area contributed by atoms with Crippen molar-refractivity contribution < 1.29 is 14.2 Å². The van der Waals surface area contributed by atoms with E-state index < -0.39 is 12.4 Å². The number of hydrogen-bond acceptors (Lipinski definition) is 8. The molecule has 0 saturated heterocycles. The summed E-state index contributed by atoms with van der Waals surface area (Å²) in [4.78, 5) is 16.6. The van der Waals surface area contributed by atoms with E-state index >= 15 is 0 Å². The third-order valence-corrected chi connectivity index (χ3v) is 9.81. The molecule has 2 unspecified atom stereocenters. The van der Waals surface area contributed by atoms with Crippen LogP contribution in [0, 0.1) is 0 Å². The first-order valence-electron chi connectivity index (χ1n) is 9.26. The summed E-state index contributed by atoms with van der Waals surface area (Å²) in [6, 6.07) is 19.9. The van der Waals surface area contributed by atoms with Gasteiger partial charge in [-0.1, -0.05) is 89.6 Å². The molecule has 162 valence electrons. The van der Waals surface area contributed by atoms with Gasteiger partial charge in [-0.3, -0.25) is 4.84 Å². The Morgan fingerprint density at radius 2 is 1.80 bits per heavy atom. The third kappa shape index (κ3) is 7.41. The normalized spacial score (nSPS) is 14.6. The maximum Gasteiger partial charge on any atom is 0.434 e. The molecule has 0 fully saturated rings. The lowest BCUT2D eigenvalue weighted by molar-refractivity contribution is 0.153. The molecule has 2 aromatic rings. The van der Waals surface area contributed by atoms with Gasteiger partial charge in [0.2, 0.25) is 0 Å². The second-order valence-corrected chi connectivity index (χ2v) is 11.9. The van der Waals surface area contributed by atoms with E-state index in [0.717, 1.165) is 10.9 Å². The van der Waals surface area contributed by atoms with E-state index in [4.69, 9.17) is 21.2 Å². The minimum absolute atomic E-state index is 0.226. The maximum absolute atomic E-state index is 11.8. The molecular weight excluding hydrogens is 457 g/mol. The number of nitrogens with zero attached hydrogens (tertiary/aromatic N) is 1. The molecule has 2 aromatic carbocycles. The van der Waals surface area contributed by atoms with Crippen LogP contribution in [0.25, 0.3) is 0 Å². The number of benzene rings is 2. The highest BCUT2D eigenvalue weighted by Gasteiger charge is 2.32. The zero-order valence-corrected chi connectivity index (χ0v) is 20.5. The highest BCUT2D eigenvalue weighted by atomic mass is 32.4. The summed E-state index contributed by atoms with van der Waals surface area (Å²) in [6.45, 7) is 4.23. The van der Waals surface area contributed by atoms with Crippen LogP contribution < -0.4 is 15.3 Å². The smallest absolute Gasteiger partial charge is 0.345 e. The maximum atomic E-state index is 11.8. The molecule has 1 amide bonds. The number of rotatable bonds is 10. The van der Waals surface area contributed by atoms with Crippen LogP contribution in [0.5, 0.6) is 0 Å². The van der Waals surface area contributed by atoms with Crippen molar-refractivity contribution in [3.05, 3.63) is 66.2 Å². The predicted molar refractivity (Wildman–Crippen MR) is 133 cm³/mol. The largest absolute Gasteiger partial charge is 0.434 e. The predicted octanol–water partition coefficient (Wildman–Crippen LogP) is 5.06. The first kappa shape index (κ1) is 24.9. The van der Waals surface area contributed by atoms with Crippen LogP contribution in [-0.4, -0.2) is 29.9 Å². The Labute approximate surface area is 191 Å². The van der Waals surface area contributed by atoms with Gasteiger partial charge in [-0.25, -0.2) is 9.52 Å². The number of hydrogen-bond donors (Lipinski definition) is 2. The van der Waals surface area contributed by atoms with Gasteiger partial charge in [0, 0.05) is 11.9 Å². The quantitative estimate of drug-likeness (QED) is 0.0715. The molecule has 0 radical (unpaired) electrons. The standard InChI is InChI=1S/C20H26N3O3PS3/c1-4-25-27(28,18-13-9-6-10-14-18)19(17-11-7-5-8-12-17)23-30-15-21-20(24)26-22-16(2)29-3/h5-14,19,23H,4,15H2,1-3H3,(H,21,24). The van der Waals surface area contributed by atoms with Gasteiger partial charge >= 0.3 is 6.09 Å². The van der Waals surface area contributed by atoms with Gasteiger partial charge in [0.05, 0.1) is 11.7 Å². The molecular formula is C20H26N3O3PS3. The Hall–Kier alpha value is -1.35. The number of thioether (sulfide) groups is 1. The van der Waals surface area contributed by atoms with Gasteiger partial charge in [0.25, 0.3) is 0 Å². The van der Waals surface area contributed by atoms with Crippen molar-refractivity contribution in [3.63, 3.8) is 0 Å². The molecule has 0 heterocycles. The van der Waals surface area contributed by atoms with E-state index in [2.05, 4.69) is 15.2 Å². The third-order valence-electron chi connectivity index (χ3n) is 3.93. The van der Waals surface area contributed by atoms with Crippen molar-refractivity contribution in [3.8, 4) is 0 Å². The molecule has 6 nitrogen and oxygen atoms in total. The van der Waals surface area contributed by atoms with E-state index in [1.807, 2.05) is 73.8 Å². The lowest BCUT2D eigenvalue weighted by Gasteiger charge is -2.32. The number of oxime groups is 1. The Morgan fingerprint density at radius 1 is 1.17 bits per heavy atom. The summed E-state index contributed by atoms with van der Waals surface area (Å²) in [5.74, 6) is 0.0577. The van der Waals surface area contributed by atoms with Crippen LogP contribution in [0.4, 0.5) is 4.79 Å². The fraction of sp³-hybridized carbons (Fsp3) is 0.300. The van der Waals surface area contributed by atoms with Crippen molar-refractivity contribution in [2.75, 3.05) is 18.7 Å². The average Bonchev–Trinajstić information content (AvgIpc) is 2.78. The zero-order valence-electron chi connectivity index (χ0n) is 17.1. The van der Waals surface area contributed by atoms with Crippen molar-refractivity contribution in [1.29, 1.82) is 0 Å². The highest BCUT2D eigenvalue weighted by Crippen LogP contribution is 2.58. The summed E-state index contributed by atoms with van der Waals surface area (Å²) in [5.41, 5.74) is 1.04. The molecule has 0 aliphatic heterocycles. The number of amides is 1. The summed E-state index contributed by atoms with van der Waals surface area (Å²) in [7, 11) is 0. The first-order valence-corrected chi connectivity index (χ1v) is 14.3. The van der Waals surface area contributed by atoms with Gasteiger partial charge in [-0.2, -0.15) is 0 Å². The van der Waals surface area contributed by atoms with Gasteiger partial charge in [-0.05, 0) is 25.7 Å². The van der Waals surface area contributed by atoms with Crippen LogP contribution in [0.3, 0.4) is 0 Å². The molecule has 2 rings (SSSR count). The molecule has 0 saturated carbocycles. The second-order valence-electron chi connectivity index (χ2n) is 5.94. The second kappa shape index (κ2) is 13.1. The summed E-state index contributed by atoms with van der Waals surface area (Å²) in [5, 5.41) is 8.03. The summed E-state index contributed by atoms with van der Waals surface area (Å²) in [6.07, 6.45) is -1.21. The molecule has 30 heavy (non-hydrogen) atoms. The number of carbonyl (C=O) groups excluding carboxylic acids is 1. The van der Waals surface area contributed by atoms with Crippen molar-refractivity contribution in [2.24, 2.45) is 5.16 Å². The zero-order chi connectivity index (χ0) is 21.8. The Bertz CT molecular complexity index is 869. The fourth-order valence-corrected chi connectivity index (χ4v) is 7.51. The van der Waals surface area contributed by atoms with Gasteiger partial charge in [0.1, 0.15) is 11.3 Å². The summed E-state index contributed by atoms with van der Waals surface area (Å²) < 4.78 is 9.62. The van der Waals surface area contributed by atoms with Crippen LogP contribution >= 0.6 is 30.0 Å². The number of carbonyl (C=O) groups is 1. The minimum Gasteiger partial charge on any atom is -0.345 e. The topological polar surface area (TPSA) is 72.0 Å². The molecule has 0 aliphatic carbocycles. The molecule has 0 aliphatic rings. The van der Waals surface area contributed by atoms with Gasteiger partial charge in [-0.15, -0.1) is 11.8 Å². The van der Waals surface area contributed by atoms with Crippen LogP contribution in [-0.2, 0) is 21.2 Å². The van der Waals surface area contributed by atoms with Crippen molar-refractivity contribution in [2.45, 2.75) is 19.6 Å². The first-order chi connectivity index (χ1) is 14.5. The van der Waals surface area contributed by atoms with Crippen molar-refractivity contribution in [1.82, 2.24) is 10.0 Å². The molecule has 0 aromatic heterocycles. The minimum atomic E-state index is -2.46. The lowest BCUT2D eigenvalue weighted by atomic mass is 10.2.